The van der Waals surface area contributed by atoms with Crippen LogP contribution in [-0.2, 0) is 4.79 Å². The van der Waals surface area contributed by atoms with Crippen molar-refractivity contribution in [3.05, 3.63) is 60.2 Å². The highest BCUT2D eigenvalue weighted by atomic mass is 19.4. The molecule has 0 aliphatic carbocycles. The molecule has 8 heteroatoms. The van der Waals surface area contributed by atoms with E-state index in [0.29, 0.717) is 4.90 Å². The number of allylic oxidation sites excluding steroid dienone is 3. The lowest BCUT2D eigenvalue weighted by Gasteiger charge is -2.22. The van der Waals surface area contributed by atoms with Crippen LogP contribution in [-0.4, -0.2) is 52.8 Å². The Morgan fingerprint density at radius 1 is 1.14 bits per heavy atom. The number of fused-ring (bicyclic) bond motifs is 1. The van der Waals surface area contributed by atoms with E-state index >= 15 is 0 Å². The minimum atomic E-state index is -4.51. The minimum Gasteiger partial charge on any atom is -0.331 e. The normalized spacial score (nSPS) is 18.1. The molecular formula is C21H21F3N2O3. The lowest BCUT2D eigenvalue weighted by atomic mass is 10.1. The third-order valence-corrected chi connectivity index (χ3v) is 4.08. The molecule has 1 aromatic carbocycles. The van der Waals surface area contributed by atoms with E-state index in [1.165, 1.54) is 12.1 Å². The van der Waals surface area contributed by atoms with Crippen molar-refractivity contribution in [2.24, 2.45) is 0 Å². The standard InChI is InChI=1S/C14H11F3N2O3.C5H8.C2H2/c15-14(16,17)7-18-6-8(5-11(18)20)19-12(21)9-3-1-2-4-10(9)13(19)22;1-3-5-4-2;1-2/h1-4,8H,5-7H2;3-5H,1H2,2H3;1-2H/b;5-4-;/t8-;;/m0../s1. The van der Waals surface area contributed by atoms with Gasteiger partial charge < -0.3 is 4.90 Å². The maximum absolute atomic E-state index is 12.4. The zero-order valence-electron chi connectivity index (χ0n) is 15.9. The molecule has 2 heterocycles. The number of amides is 3. The van der Waals surface area contributed by atoms with Crippen molar-refractivity contribution in [1.82, 2.24) is 9.80 Å². The Labute approximate surface area is 167 Å². The number of halogens is 3. The van der Waals surface area contributed by atoms with Gasteiger partial charge in [0.05, 0.1) is 17.2 Å². The molecule has 2 aliphatic heterocycles. The number of rotatable bonds is 3. The number of hydrogen-bond acceptors (Lipinski definition) is 3. The molecule has 1 fully saturated rings. The van der Waals surface area contributed by atoms with Gasteiger partial charge in [0.15, 0.2) is 0 Å². The summed E-state index contributed by atoms with van der Waals surface area (Å²) in [7, 11) is 0. The number of alkyl halides is 3. The second-order valence-corrected chi connectivity index (χ2v) is 6.03. The molecule has 0 radical (unpaired) electrons. The van der Waals surface area contributed by atoms with Crippen molar-refractivity contribution in [3.63, 3.8) is 0 Å². The van der Waals surface area contributed by atoms with E-state index in [4.69, 9.17) is 0 Å². The van der Waals surface area contributed by atoms with Crippen molar-refractivity contribution in [2.45, 2.75) is 25.6 Å². The van der Waals surface area contributed by atoms with E-state index < -0.39 is 36.5 Å². The van der Waals surface area contributed by atoms with Gasteiger partial charge in [-0.3, -0.25) is 19.3 Å². The Balaban J connectivity index is 0.000000527. The minimum absolute atomic E-state index is 0.217. The summed E-state index contributed by atoms with van der Waals surface area (Å²) in [4.78, 5) is 37.7. The number of carbonyl (C=O) groups is 3. The van der Waals surface area contributed by atoms with Crippen LogP contribution < -0.4 is 0 Å². The molecule has 154 valence electrons. The van der Waals surface area contributed by atoms with Gasteiger partial charge in [-0.2, -0.15) is 13.2 Å². The highest BCUT2D eigenvalue weighted by molar-refractivity contribution is 6.21. The number of likely N-dealkylation sites (tertiary alicyclic amines) is 1. The van der Waals surface area contributed by atoms with Crippen molar-refractivity contribution in [2.75, 3.05) is 13.1 Å². The molecule has 0 spiro atoms. The van der Waals surface area contributed by atoms with Crippen LogP contribution in [0.2, 0.25) is 0 Å². The van der Waals surface area contributed by atoms with Gasteiger partial charge in [-0.05, 0) is 19.1 Å². The fourth-order valence-electron chi connectivity index (χ4n) is 2.97. The van der Waals surface area contributed by atoms with Crippen molar-refractivity contribution >= 4 is 17.7 Å². The third-order valence-electron chi connectivity index (χ3n) is 4.08. The highest BCUT2D eigenvalue weighted by Crippen LogP contribution is 2.29. The molecule has 1 aromatic rings. The number of carbonyl (C=O) groups excluding carboxylic acids is 3. The van der Waals surface area contributed by atoms with Gasteiger partial charge in [0.1, 0.15) is 6.54 Å². The molecule has 3 amide bonds. The first-order valence-electron chi connectivity index (χ1n) is 8.58. The quantitative estimate of drug-likeness (QED) is 0.439. The summed E-state index contributed by atoms with van der Waals surface area (Å²) in [6, 6.07) is 5.31. The summed E-state index contributed by atoms with van der Waals surface area (Å²) >= 11 is 0. The fraction of sp³-hybridized carbons (Fsp3) is 0.286. The van der Waals surface area contributed by atoms with Crippen LogP contribution in [0.25, 0.3) is 0 Å². The lowest BCUT2D eigenvalue weighted by Crippen LogP contribution is -2.42. The Morgan fingerprint density at radius 2 is 1.66 bits per heavy atom. The fourth-order valence-corrected chi connectivity index (χ4v) is 2.97. The van der Waals surface area contributed by atoms with E-state index in [1.54, 1.807) is 18.2 Å². The number of hydrogen-bond donors (Lipinski definition) is 0. The molecule has 29 heavy (non-hydrogen) atoms. The van der Waals surface area contributed by atoms with Gasteiger partial charge in [0, 0.05) is 13.0 Å². The van der Waals surface area contributed by atoms with Gasteiger partial charge >= 0.3 is 6.18 Å². The first-order chi connectivity index (χ1) is 13.7. The topological polar surface area (TPSA) is 57.7 Å². The Kier molecular flexibility index (Phi) is 8.39. The summed E-state index contributed by atoms with van der Waals surface area (Å²) < 4.78 is 37.2. The summed E-state index contributed by atoms with van der Waals surface area (Å²) in [6.07, 6.45) is 8.79. The molecular weight excluding hydrogens is 385 g/mol. The average molecular weight is 406 g/mol. The molecule has 0 aromatic heterocycles. The monoisotopic (exact) mass is 406 g/mol. The first kappa shape index (κ1) is 23.7. The maximum Gasteiger partial charge on any atom is 0.406 e. The van der Waals surface area contributed by atoms with Gasteiger partial charge in [-0.15, -0.1) is 12.8 Å². The number of imide groups is 1. The Bertz CT molecular complexity index is 793. The van der Waals surface area contributed by atoms with Gasteiger partial charge in [0.2, 0.25) is 5.91 Å². The predicted molar refractivity (Wildman–Crippen MR) is 103 cm³/mol. The smallest absolute Gasteiger partial charge is 0.331 e. The molecule has 0 bridgehead atoms. The number of benzene rings is 1. The largest absolute Gasteiger partial charge is 0.406 e. The van der Waals surface area contributed by atoms with Crippen molar-refractivity contribution in [1.29, 1.82) is 0 Å². The summed E-state index contributed by atoms with van der Waals surface area (Å²) in [5, 5.41) is 0. The summed E-state index contributed by atoms with van der Waals surface area (Å²) in [6.45, 7) is 3.77. The zero-order chi connectivity index (χ0) is 22.2. The molecule has 2 aliphatic rings. The average Bonchev–Trinajstić information content (AvgIpc) is 3.14. The first-order valence-corrected chi connectivity index (χ1v) is 8.58. The second kappa shape index (κ2) is 10.3. The van der Waals surface area contributed by atoms with Crippen LogP contribution >= 0.6 is 0 Å². The van der Waals surface area contributed by atoms with Crippen LogP contribution in [0.15, 0.2) is 49.1 Å². The van der Waals surface area contributed by atoms with E-state index in [-0.39, 0.29) is 24.1 Å². The molecule has 0 saturated carbocycles. The Hall–Kier alpha value is -3.34. The van der Waals surface area contributed by atoms with Crippen LogP contribution in [0.3, 0.4) is 0 Å². The van der Waals surface area contributed by atoms with Gasteiger partial charge in [-0.1, -0.05) is 36.9 Å². The van der Waals surface area contributed by atoms with Crippen LogP contribution in [0.4, 0.5) is 13.2 Å². The SMILES string of the molecule is C#C.C=C/C=C\C.O=C1C[C@H](N2C(=O)c3ccccc3C2=O)CN1CC(F)(F)F. The van der Waals surface area contributed by atoms with Crippen LogP contribution in [0, 0.1) is 12.8 Å². The van der Waals surface area contributed by atoms with E-state index in [1.807, 2.05) is 19.1 Å². The van der Waals surface area contributed by atoms with E-state index in [9.17, 15) is 27.6 Å². The lowest BCUT2D eigenvalue weighted by molar-refractivity contribution is -0.157. The maximum atomic E-state index is 12.4. The van der Waals surface area contributed by atoms with Crippen molar-refractivity contribution in [3.8, 4) is 12.8 Å². The Morgan fingerprint density at radius 3 is 2.03 bits per heavy atom. The number of nitrogens with zero attached hydrogens (tertiary/aromatic N) is 2. The zero-order valence-corrected chi connectivity index (χ0v) is 15.9. The van der Waals surface area contributed by atoms with Gasteiger partial charge in [-0.25, -0.2) is 0 Å². The molecule has 1 atom stereocenters. The molecule has 3 rings (SSSR count). The van der Waals surface area contributed by atoms with Gasteiger partial charge in [0.25, 0.3) is 11.8 Å². The van der Waals surface area contributed by atoms with E-state index in [2.05, 4.69) is 19.4 Å². The third kappa shape index (κ3) is 5.82. The van der Waals surface area contributed by atoms with Crippen LogP contribution in [0.1, 0.15) is 34.1 Å². The number of terminal acetylenes is 1. The molecule has 1 saturated heterocycles. The van der Waals surface area contributed by atoms with Crippen molar-refractivity contribution < 1.29 is 27.6 Å². The highest BCUT2D eigenvalue weighted by Gasteiger charge is 2.46. The second-order valence-electron chi connectivity index (χ2n) is 6.03. The van der Waals surface area contributed by atoms with E-state index in [0.717, 1.165) is 4.90 Å². The molecule has 0 unspecified atom stereocenters. The molecule has 0 N–H and O–H groups in total. The van der Waals surface area contributed by atoms with Crippen LogP contribution in [0.5, 0.6) is 0 Å². The molecule has 5 nitrogen and oxygen atoms in total. The summed E-state index contributed by atoms with van der Waals surface area (Å²) in [5.74, 6) is -1.83. The predicted octanol–water partition coefficient (Wildman–Crippen LogP) is 3.44. The summed E-state index contributed by atoms with van der Waals surface area (Å²) in [5.41, 5.74) is 0.434.